The van der Waals surface area contributed by atoms with E-state index in [0.717, 1.165) is 5.57 Å². The van der Waals surface area contributed by atoms with Crippen LogP contribution in [0.4, 0.5) is 8.78 Å². The third-order valence-corrected chi connectivity index (χ3v) is 2.45. The molecule has 0 radical (unpaired) electrons. The van der Waals surface area contributed by atoms with Crippen molar-refractivity contribution in [2.24, 2.45) is 0 Å². The maximum atomic E-state index is 12.4. The molecule has 0 amide bonds. The molecule has 0 atom stereocenters. The summed E-state index contributed by atoms with van der Waals surface area (Å²) in [5.74, 6) is 0.215. The highest BCUT2D eigenvalue weighted by Gasteiger charge is 2.14. The number of aliphatic hydroxyl groups excluding tert-OH is 1. The van der Waals surface area contributed by atoms with E-state index in [1.54, 1.807) is 24.3 Å². The van der Waals surface area contributed by atoms with Crippen molar-refractivity contribution in [3.63, 3.8) is 0 Å². The van der Waals surface area contributed by atoms with Crippen LogP contribution in [0.5, 0.6) is 11.5 Å². The highest BCUT2D eigenvalue weighted by molar-refractivity contribution is 5.64. The lowest BCUT2D eigenvalue weighted by Gasteiger charge is -2.13. The van der Waals surface area contributed by atoms with Crippen molar-refractivity contribution in [3.8, 4) is 11.5 Å². The Morgan fingerprint density at radius 1 is 1.44 bits per heavy atom. The van der Waals surface area contributed by atoms with Crippen molar-refractivity contribution < 1.29 is 23.4 Å². The smallest absolute Gasteiger partial charge is 0.387 e. The first kappa shape index (κ1) is 14.4. The van der Waals surface area contributed by atoms with E-state index in [-0.39, 0.29) is 18.1 Å². The highest BCUT2D eigenvalue weighted by atomic mass is 19.3. The fraction of sp³-hybridized carbons (Fsp3) is 0.385. The Labute approximate surface area is 105 Å². The predicted molar refractivity (Wildman–Crippen MR) is 65.0 cm³/mol. The van der Waals surface area contributed by atoms with E-state index in [2.05, 4.69) is 4.74 Å². The molecule has 0 saturated heterocycles. The van der Waals surface area contributed by atoms with Crippen LogP contribution in [0.2, 0.25) is 0 Å². The number of rotatable bonds is 6. The average Bonchev–Trinajstić information content (AvgIpc) is 2.36. The lowest BCUT2D eigenvalue weighted by Crippen LogP contribution is -2.05. The van der Waals surface area contributed by atoms with E-state index in [1.165, 1.54) is 7.11 Å². The molecular weight excluding hydrogens is 242 g/mol. The molecule has 1 aromatic carbocycles. The molecule has 3 nitrogen and oxygen atoms in total. The maximum absolute atomic E-state index is 12.4. The summed E-state index contributed by atoms with van der Waals surface area (Å²) in [7, 11) is 1.38. The van der Waals surface area contributed by atoms with Gasteiger partial charge in [0.15, 0.2) is 11.5 Å². The van der Waals surface area contributed by atoms with Crippen LogP contribution in [0, 0.1) is 0 Å². The third-order valence-electron chi connectivity index (χ3n) is 2.45. The van der Waals surface area contributed by atoms with Crippen LogP contribution in [0.25, 0.3) is 6.08 Å². The molecule has 1 rings (SSSR count). The molecule has 0 fully saturated rings. The van der Waals surface area contributed by atoms with Crippen LogP contribution in [-0.2, 0) is 0 Å². The van der Waals surface area contributed by atoms with Crippen molar-refractivity contribution in [1.29, 1.82) is 0 Å². The summed E-state index contributed by atoms with van der Waals surface area (Å²) in [6.45, 7) is -1.18. The van der Waals surface area contributed by atoms with Crippen LogP contribution in [-0.4, -0.2) is 25.4 Å². The van der Waals surface area contributed by atoms with Gasteiger partial charge in [0.2, 0.25) is 0 Å². The molecule has 0 aliphatic rings. The zero-order chi connectivity index (χ0) is 13.5. The first-order valence-electron chi connectivity index (χ1n) is 5.54. The van der Waals surface area contributed by atoms with Crippen LogP contribution in [0.1, 0.15) is 18.9 Å². The number of para-hydroxylation sites is 1. The summed E-state index contributed by atoms with van der Waals surface area (Å²) in [5.41, 5.74) is 1.18. The third kappa shape index (κ3) is 3.70. The van der Waals surface area contributed by atoms with Crippen LogP contribution >= 0.6 is 0 Å². The van der Waals surface area contributed by atoms with E-state index in [1.807, 2.05) is 6.92 Å². The Hall–Kier alpha value is -1.62. The highest BCUT2D eigenvalue weighted by Crippen LogP contribution is 2.34. The lowest BCUT2D eigenvalue weighted by molar-refractivity contribution is -0.0513. The normalized spacial score (nSPS) is 11.8. The number of benzene rings is 1. The Morgan fingerprint density at radius 2 is 2.17 bits per heavy atom. The fourth-order valence-corrected chi connectivity index (χ4v) is 1.50. The average molecular weight is 258 g/mol. The Morgan fingerprint density at radius 3 is 2.67 bits per heavy atom. The van der Waals surface area contributed by atoms with E-state index >= 15 is 0 Å². The van der Waals surface area contributed by atoms with Crippen molar-refractivity contribution >= 4 is 6.08 Å². The first-order chi connectivity index (χ1) is 8.62. The van der Waals surface area contributed by atoms with Gasteiger partial charge in [-0.15, -0.1) is 0 Å². The van der Waals surface area contributed by atoms with E-state index in [4.69, 9.17) is 9.84 Å². The quantitative estimate of drug-likeness (QED) is 0.852. The van der Waals surface area contributed by atoms with E-state index in [0.29, 0.717) is 12.0 Å². The minimum atomic E-state index is -2.92. The number of ether oxygens (including phenoxy) is 2. The lowest BCUT2D eigenvalue weighted by atomic mass is 10.1. The van der Waals surface area contributed by atoms with Crippen molar-refractivity contribution in [1.82, 2.24) is 0 Å². The standard InChI is InChI=1S/C13H16F2O3/c1-3-9(8-16)7-10-5-4-6-11(17-2)12(10)18-13(14)15/h4-7,13,16H,3,8H2,1-2H3. The summed E-state index contributed by atoms with van der Waals surface area (Å²) in [6, 6.07) is 4.85. The fourth-order valence-electron chi connectivity index (χ4n) is 1.50. The zero-order valence-electron chi connectivity index (χ0n) is 10.3. The van der Waals surface area contributed by atoms with Gasteiger partial charge in [-0.25, -0.2) is 0 Å². The van der Waals surface area contributed by atoms with Crippen molar-refractivity contribution in [2.75, 3.05) is 13.7 Å². The Kier molecular flexibility index (Phi) is 5.58. The van der Waals surface area contributed by atoms with Gasteiger partial charge in [-0.3, -0.25) is 0 Å². The molecule has 100 valence electrons. The molecule has 0 saturated carbocycles. The van der Waals surface area contributed by atoms with E-state index in [9.17, 15) is 8.78 Å². The predicted octanol–water partition coefficient (Wildman–Crippen LogP) is 3.08. The molecule has 0 aliphatic heterocycles. The van der Waals surface area contributed by atoms with Crippen LogP contribution in [0.3, 0.4) is 0 Å². The number of hydrogen-bond acceptors (Lipinski definition) is 3. The molecule has 5 heteroatoms. The Bertz CT molecular complexity index is 411. The molecule has 1 N–H and O–H groups in total. The zero-order valence-corrected chi connectivity index (χ0v) is 10.3. The van der Waals surface area contributed by atoms with Crippen molar-refractivity contribution in [3.05, 3.63) is 29.3 Å². The second kappa shape index (κ2) is 6.96. The second-order valence-corrected chi connectivity index (χ2v) is 3.57. The molecule has 0 aliphatic carbocycles. The largest absolute Gasteiger partial charge is 0.493 e. The summed E-state index contributed by atoms with van der Waals surface area (Å²) in [6.07, 6.45) is 2.25. The molecule has 18 heavy (non-hydrogen) atoms. The number of hydrogen-bond donors (Lipinski definition) is 1. The van der Waals surface area contributed by atoms with Gasteiger partial charge >= 0.3 is 6.61 Å². The van der Waals surface area contributed by atoms with Gasteiger partial charge in [-0.05, 0) is 24.1 Å². The summed E-state index contributed by atoms with van der Waals surface area (Å²) >= 11 is 0. The van der Waals surface area contributed by atoms with Gasteiger partial charge in [-0.1, -0.05) is 19.1 Å². The monoisotopic (exact) mass is 258 g/mol. The second-order valence-electron chi connectivity index (χ2n) is 3.57. The molecule has 0 aromatic heterocycles. The maximum Gasteiger partial charge on any atom is 0.387 e. The Balaban J connectivity index is 3.21. The topological polar surface area (TPSA) is 38.7 Å². The number of aliphatic hydroxyl groups is 1. The van der Waals surface area contributed by atoms with Gasteiger partial charge in [-0.2, -0.15) is 8.78 Å². The summed E-state index contributed by atoms with van der Waals surface area (Å²) < 4.78 is 34.2. The molecule has 0 spiro atoms. The number of halogens is 2. The van der Waals surface area contributed by atoms with E-state index < -0.39 is 6.61 Å². The summed E-state index contributed by atoms with van der Waals surface area (Å²) in [5, 5.41) is 9.10. The first-order valence-corrected chi connectivity index (χ1v) is 5.54. The van der Waals surface area contributed by atoms with Gasteiger partial charge < -0.3 is 14.6 Å². The molecule has 0 heterocycles. The van der Waals surface area contributed by atoms with Crippen LogP contribution < -0.4 is 9.47 Å². The molecule has 0 unspecified atom stereocenters. The van der Waals surface area contributed by atoms with Gasteiger partial charge in [0.05, 0.1) is 13.7 Å². The molecule has 1 aromatic rings. The van der Waals surface area contributed by atoms with Gasteiger partial charge in [0, 0.05) is 5.56 Å². The minimum Gasteiger partial charge on any atom is -0.493 e. The minimum absolute atomic E-state index is 0.0191. The van der Waals surface area contributed by atoms with Crippen molar-refractivity contribution in [2.45, 2.75) is 20.0 Å². The number of methoxy groups -OCH3 is 1. The number of alkyl halides is 2. The SMILES string of the molecule is CCC(=Cc1cccc(OC)c1OC(F)F)CO. The van der Waals surface area contributed by atoms with Gasteiger partial charge in [0.1, 0.15) is 0 Å². The molecule has 0 bridgehead atoms. The summed E-state index contributed by atoms with van der Waals surface area (Å²) in [4.78, 5) is 0. The van der Waals surface area contributed by atoms with Crippen LogP contribution in [0.15, 0.2) is 23.8 Å². The van der Waals surface area contributed by atoms with Gasteiger partial charge in [0.25, 0.3) is 0 Å². The molecular formula is C13H16F2O3.